The zero-order chi connectivity index (χ0) is 21.9. The Hall–Kier alpha value is -2.83. The highest BCUT2D eigenvalue weighted by molar-refractivity contribution is 5.99. The molecule has 2 fully saturated rings. The SMILES string of the molecule is NC(=O)c1ccc2[nH]c(N3CCC(Cc4ccccc4)CC3)c(CN3CCOCC3)c2c1. The van der Waals surface area contributed by atoms with Gasteiger partial charge in [0.05, 0.1) is 13.2 Å². The first-order chi connectivity index (χ1) is 15.7. The molecule has 1 aromatic heterocycles. The fourth-order valence-electron chi connectivity index (χ4n) is 5.11. The van der Waals surface area contributed by atoms with Crippen molar-refractivity contribution in [3.63, 3.8) is 0 Å². The summed E-state index contributed by atoms with van der Waals surface area (Å²) in [5.41, 5.74) is 9.92. The molecule has 0 bridgehead atoms. The van der Waals surface area contributed by atoms with Crippen molar-refractivity contribution >= 4 is 22.6 Å². The highest BCUT2D eigenvalue weighted by Gasteiger charge is 2.25. The average Bonchev–Trinajstić information content (AvgIpc) is 3.18. The van der Waals surface area contributed by atoms with Gasteiger partial charge < -0.3 is 20.4 Å². The Balaban J connectivity index is 1.38. The lowest BCUT2D eigenvalue weighted by Crippen LogP contribution is -2.37. The van der Waals surface area contributed by atoms with Gasteiger partial charge in [-0.1, -0.05) is 30.3 Å². The molecular formula is C26H32N4O2. The number of primary amides is 1. The maximum atomic E-state index is 11.8. The van der Waals surface area contributed by atoms with Crippen LogP contribution >= 0.6 is 0 Å². The van der Waals surface area contributed by atoms with E-state index in [9.17, 15) is 4.79 Å². The molecule has 0 saturated carbocycles. The average molecular weight is 433 g/mol. The number of fused-ring (bicyclic) bond motifs is 1. The number of nitrogens with one attached hydrogen (secondary N) is 1. The van der Waals surface area contributed by atoms with E-state index in [1.165, 1.54) is 29.8 Å². The number of hydrogen-bond donors (Lipinski definition) is 2. The number of morpholine rings is 1. The van der Waals surface area contributed by atoms with Crippen LogP contribution in [0.5, 0.6) is 0 Å². The summed E-state index contributed by atoms with van der Waals surface area (Å²) in [6.45, 7) is 6.35. The fourth-order valence-corrected chi connectivity index (χ4v) is 5.11. The summed E-state index contributed by atoms with van der Waals surface area (Å²) in [7, 11) is 0. The van der Waals surface area contributed by atoms with Gasteiger partial charge in [0.1, 0.15) is 5.82 Å². The van der Waals surface area contributed by atoms with Gasteiger partial charge in [0.25, 0.3) is 0 Å². The minimum Gasteiger partial charge on any atom is -0.379 e. The highest BCUT2D eigenvalue weighted by Crippen LogP contribution is 2.34. The number of ether oxygens (including phenoxy) is 1. The molecule has 6 heteroatoms. The lowest BCUT2D eigenvalue weighted by Gasteiger charge is -2.34. The van der Waals surface area contributed by atoms with Crippen LogP contribution < -0.4 is 10.6 Å². The van der Waals surface area contributed by atoms with Crippen molar-refractivity contribution in [2.24, 2.45) is 11.7 Å². The molecule has 2 aliphatic heterocycles. The Morgan fingerprint density at radius 3 is 2.50 bits per heavy atom. The van der Waals surface area contributed by atoms with Gasteiger partial charge in [0.15, 0.2) is 0 Å². The van der Waals surface area contributed by atoms with Crippen LogP contribution in [0.25, 0.3) is 10.9 Å². The summed E-state index contributed by atoms with van der Waals surface area (Å²) in [4.78, 5) is 20.4. The smallest absolute Gasteiger partial charge is 0.248 e. The molecule has 2 saturated heterocycles. The lowest BCUT2D eigenvalue weighted by molar-refractivity contribution is 0.0344. The number of hydrogen-bond acceptors (Lipinski definition) is 4. The number of aromatic nitrogens is 1. The Labute approximate surface area is 189 Å². The van der Waals surface area contributed by atoms with Crippen LogP contribution in [0.15, 0.2) is 48.5 Å². The molecule has 32 heavy (non-hydrogen) atoms. The molecule has 0 radical (unpaired) electrons. The molecule has 0 atom stereocenters. The Kier molecular flexibility index (Phi) is 6.14. The molecule has 6 nitrogen and oxygen atoms in total. The monoisotopic (exact) mass is 432 g/mol. The summed E-state index contributed by atoms with van der Waals surface area (Å²) in [5.74, 6) is 1.54. The van der Waals surface area contributed by atoms with E-state index >= 15 is 0 Å². The van der Waals surface area contributed by atoms with E-state index in [4.69, 9.17) is 10.5 Å². The number of amides is 1. The number of anilines is 1. The van der Waals surface area contributed by atoms with Gasteiger partial charge in [-0.15, -0.1) is 0 Å². The maximum absolute atomic E-state index is 11.8. The van der Waals surface area contributed by atoms with Crippen LogP contribution in [0, 0.1) is 5.92 Å². The second-order valence-corrected chi connectivity index (χ2v) is 9.09. The Morgan fingerprint density at radius 1 is 1.03 bits per heavy atom. The fraction of sp³-hybridized carbons (Fsp3) is 0.423. The molecule has 3 N–H and O–H groups in total. The van der Waals surface area contributed by atoms with Crippen LogP contribution in [-0.2, 0) is 17.7 Å². The van der Waals surface area contributed by atoms with Gasteiger partial charge >= 0.3 is 0 Å². The normalized spacial score (nSPS) is 18.3. The van der Waals surface area contributed by atoms with Gasteiger partial charge in [-0.3, -0.25) is 9.69 Å². The van der Waals surface area contributed by atoms with Gasteiger partial charge in [0.2, 0.25) is 5.91 Å². The number of nitrogens with two attached hydrogens (primary N) is 1. The second kappa shape index (κ2) is 9.35. The van der Waals surface area contributed by atoms with Crippen LogP contribution in [0.2, 0.25) is 0 Å². The number of benzene rings is 2. The molecule has 168 valence electrons. The predicted octanol–water partition coefficient (Wildman–Crippen LogP) is 3.56. The van der Waals surface area contributed by atoms with Crippen molar-refractivity contribution in [1.29, 1.82) is 0 Å². The third-order valence-electron chi connectivity index (χ3n) is 6.95. The van der Waals surface area contributed by atoms with Crippen molar-refractivity contribution in [1.82, 2.24) is 9.88 Å². The number of carbonyl (C=O) groups is 1. The zero-order valence-electron chi connectivity index (χ0n) is 18.6. The number of nitrogens with zero attached hydrogens (tertiary/aromatic N) is 2. The first-order valence-corrected chi connectivity index (χ1v) is 11.7. The van der Waals surface area contributed by atoms with Crippen LogP contribution in [0.1, 0.15) is 34.3 Å². The molecule has 3 aromatic rings. The van der Waals surface area contributed by atoms with Crippen molar-refractivity contribution in [3.05, 3.63) is 65.2 Å². The lowest BCUT2D eigenvalue weighted by atomic mass is 9.90. The van der Waals surface area contributed by atoms with Crippen LogP contribution in [0.4, 0.5) is 5.82 Å². The summed E-state index contributed by atoms with van der Waals surface area (Å²) < 4.78 is 5.54. The Bertz CT molecular complexity index is 1060. The maximum Gasteiger partial charge on any atom is 0.248 e. The van der Waals surface area contributed by atoms with Crippen molar-refractivity contribution < 1.29 is 9.53 Å². The van der Waals surface area contributed by atoms with E-state index < -0.39 is 0 Å². The molecule has 5 rings (SSSR count). The van der Waals surface area contributed by atoms with E-state index in [-0.39, 0.29) is 5.91 Å². The summed E-state index contributed by atoms with van der Waals surface area (Å²) >= 11 is 0. The predicted molar refractivity (Wildman–Crippen MR) is 128 cm³/mol. The standard InChI is InChI=1S/C26H32N4O2/c27-25(31)21-6-7-24-22(17-21)23(18-29-12-14-32-15-13-29)26(28-24)30-10-8-20(9-11-30)16-19-4-2-1-3-5-19/h1-7,17,20,28H,8-16,18H2,(H2,27,31). The van der Waals surface area contributed by atoms with Crippen LogP contribution in [-0.4, -0.2) is 55.2 Å². The number of H-pyrrole nitrogens is 1. The largest absolute Gasteiger partial charge is 0.379 e. The van der Waals surface area contributed by atoms with E-state index in [1.54, 1.807) is 0 Å². The zero-order valence-corrected chi connectivity index (χ0v) is 18.6. The van der Waals surface area contributed by atoms with E-state index in [0.29, 0.717) is 5.56 Å². The molecule has 2 aromatic carbocycles. The Morgan fingerprint density at radius 2 is 1.78 bits per heavy atom. The first-order valence-electron chi connectivity index (χ1n) is 11.7. The first kappa shape index (κ1) is 21.0. The van der Waals surface area contributed by atoms with E-state index in [1.807, 2.05) is 18.2 Å². The van der Waals surface area contributed by atoms with Crippen molar-refractivity contribution in [2.75, 3.05) is 44.3 Å². The van der Waals surface area contributed by atoms with E-state index in [2.05, 4.69) is 45.1 Å². The van der Waals surface area contributed by atoms with Gasteiger partial charge in [-0.2, -0.15) is 0 Å². The number of rotatable bonds is 6. The molecule has 0 aliphatic carbocycles. The minimum atomic E-state index is -0.381. The minimum absolute atomic E-state index is 0.381. The third-order valence-corrected chi connectivity index (χ3v) is 6.95. The number of aromatic amines is 1. The van der Waals surface area contributed by atoms with Gasteiger partial charge in [-0.05, 0) is 48.9 Å². The quantitative estimate of drug-likeness (QED) is 0.625. The topological polar surface area (TPSA) is 74.6 Å². The summed E-state index contributed by atoms with van der Waals surface area (Å²) in [6, 6.07) is 16.6. The van der Waals surface area contributed by atoms with E-state index in [0.717, 1.165) is 69.2 Å². The summed E-state index contributed by atoms with van der Waals surface area (Å²) in [6.07, 6.45) is 3.53. The number of carbonyl (C=O) groups excluding carboxylic acids is 1. The van der Waals surface area contributed by atoms with Gasteiger partial charge in [-0.25, -0.2) is 0 Å². The second-order valence-electron chi connectivity index (χ2n) is 9.09. The molecule has 2 aliphatic rings. The van der Waals surface area contributed by atoms with Crippen molar-refractivity contribution in [3.8, 4) is 0 Å². The van der Waals surface area contributed by atoms with Gasteiger partial charge in [0, 0.05) is 54.8 Å². The highest BCUT2D eigenvalue weighted by atomic mass is 16.5. The molecule has 0 spiro atoms. The third kappa shape index (κ3) is 4.52. The number of piperidine rings is 1. The molecule has 3 heterocycles. The van der Waals surface area contributed by atoms with Crippen LogP contribution in [0.3, 0.4) is 0 Å². The molecule has 1 amide bonds. The molecular weight excluding hydrogens is 400 g/mol. The molecule has 0 unspecified atom stereocenters. The summed E-state index contributed by atoms with van der Waals surface area (Å²) in [5, 5.41) is 1.11. The van der Waals surface area contributed by atoms with Crippen molar-refractivity contribution in [2.45, 2.75) is 25.8 Å².